The maximum Gasteiger partial charge on any atom is 0.292 e. The average molecular weight is 353 g/mol. The first-order valence-electron chi connectivity index (χ1n) is 8.62. The van der Waals surface area contributed by atoms with Gasteiger partial charge in [0.2, 0.25) is 0 Å². The Hall–Kier alpha value is -2.61. The van der Waals surface area contributed by atoms with E-state index in [0.717, 1.165) is 24.3 Å². The maximum absolute atomic E-state index is 10.0. The summed E-state index contributed by atoms with van der Waals surface area (Å²) in [6, 6.07) is 12.4. The molecule has 7 nitrogen and oxygen atoms in total. The number of hydrogen-bond acceptors (Lipinski definition) is 7. The van der Waals surface area contributed by atoms with Crippen LogP contribution in [0.4, 0.5) is 5.69 Å². The lowest BCUT2D eigenvalue weighted by molar-refractivity contribution is -0.230. The zero-order chi connectivity index (χ0) is 19.2. The Morgan fingerprint density at radius 2 is 1.69 bits per heavy atom. The molecule has 1 fully saturated rings. The number of amidine groups is 1. The molecular weight excluding hydrogens is 330 g/mol. The minimum atomic E-state index is -1.58. The van der Waals surface area contributed by atoms with Crippen LogP contribution in [0.15, 0.2) is 29.3 Å². The lowest BCUT2D eigenvalue weighted by Crippen LogP contribution is -2.41. The molecule has 0 radical (unpaired) electrons. The highest BCUT2D eigenvalue weighted by Crippen LogP contribution is 2.81. The zero-order valence-corrected chi connectivity index (χ0v) is 15.5. The van der Waals surface area contributed by atoms with E-state index in [1.165, 1.54) is 14.2 Å². The predicted molar refractivity (Wildman–Crippen MR) is 97.2 cm³/mol. The van der Waals surface area contributed by atoms with Crippen molar-refractivity contribution in [1.29, 1.82) is 10.5 Å². The summed E-state index contributed by atoms with van der Waals surface area (Å²) in [6.07, 6.45) is 0. The summed E-state index contributed by atoms with van der Waals surface area (Å²) in [4.78, 5) is 6.44. The zero-order valence-electron chi connectivity index (χ0n) is 15.5. The maximum atomic E-state index is 10.0. The van der Waals surface area contributed by atoms with Crippen LogP contribution in [-0.2, 0) is 9.47 Å². The minimum absolute atomic E-state index is 0.0862. The van der Waals surface area contributed by atoms with Crippen LogP contribution < -0.4 is 10.6 Å². The second kappa shape index (κ2) is 5.98. The molecule has 1 aliphatic heterocycles. The van der Waals surface area contributed by atoms with Crippen LogP contribution in [0.1, 0.15) is 25.3 Å². The monoisotopic (exact) mass is 353 g/mol. The van der Waals surface area contributed by atoms with Crippen molar-refractivity contribution >= 4 is 11.5 Å². The van der Waals surface area contributed by atoms with Gasteiger partial charge in [0.15, 0.2) is 5.41 Å². The standard InChI is InChI=1S/C19H23N5O2/c1-5-24(6-2)14-9-7-13(8-10-14)15-17(11-20)16(22)23-19(25-3,26-4)18(15,17)12-21/h7-10,15H,5-6H2,1-4H3,(H2,22,23). The van der Waals surface area contributed by atoms with Crippen molar-refractivity contribution in [3.63, 3.8) is 0 Å². The van der Waals surface area contributed by atoms with Crippen molar-refractivity contribution in [2.24, 2.45) is 21.6 Å². The fraction of sp³-hybridized carbons (Fsp3) is 0.526. The second-order valence-electron chi connectivity index (χ2n) is 6.52. The van der Waals surface area contributed by atoms with Gasteiger partial charge in [-0.3, -0.25) is 0 Å². The van der Waals surface area contributed by atoms with Gasteiger partial charge in [-0.15, -0.1) is 0 Å². The Morgan fingerprint density at radius 3 is 2.12 bits per heavy atom. The lowest BCUT2D eigenvalue weighted by Gasteiger charge is -2.29. The van der Waals surface area contributed by atoms with Crippen molar-refractivity contribution in [2.45, 2.75) is 25.7 Å². The molecule has 2 N–H and O–H groups in total. The summed E-state index contributed by atoms with van der Waals surface area (Å²) in [7, 11) is 2.82. The van der Waals surface area contributed by atoms with Gasteiger partial charge in [-0.1, -0.05) is 12.1 Å². The molecule has 0 aromatic heterocycles. The normalized spacial score (nSPS) is 30.7. The van der Waals surface area contributed by atoms with E-state index in [0.29, 0.717) is 0 Å². The van der Waals surface area contributed by atoms with Gasteiger partial charge in [0.05, 0.1) is 12.1 Å². The van der Waals surface area contributed by atoms with Crippen LogP contribution in [0.5, 0.6) is 0 Å². The van der Waals surface area contributed by atoms with Crippen LogP contribution in [0.3, 0.4) is 0 Å². The van der Waals surface area contributed by atoms with Crippen LogP contribution in [0, 0.1) is 33.5 Å². The van der Waals surface area contributed by atoms with E-state index in [4.69, 9.17) is 15.2 Å². The second-order valence-corrected chi connectivity index (χ2v) is 6.52. The molecular formula is C19H23N5O2. The largest absolute Gasteiger partial charge is 0.386 e. The molecule has 0 saturated heterocycles. The topological polar surface area (TPSA) is 108 Å². The van der Waals surface area contributed by atoms with Crippen molar-refractivity contribution in [3.8, 4) is 12.1 Å². The highest BCUT2D eigenvalue weighted by atomic mass is 16.7. The molecule has 136 valence electrons. The van der Waals surface area contributed by atoms with Gasteiger partial charge in [0.1, 0.15) is 11.3 Å². The van der Waals surface area contributed by atoms with Crippen LogP contribution >= 0.6 is 0 Å². The quantitative estimate of drug-likeness (QED) is 0.783. The number of aliphatic imine (C=N–C) groups is 1. The summed E-state index contributed by atoms with van der Waals surface area (Å²) < 4.78 is 10.9. The molecule has 1 heterocycles. The molecule has 0 bridgehead atoms. The number of nitrogens with two attached hydrogens (primary N) is 1. The van der Waals surface area contributed by atoms with Gasteiger partial charge in [-0.2, -0.15) is 10.5 Å². The molecule has 3 atom stereocenters. The number of nitriles is 2. The Morgan fingerprint density at radius 1 is 1.12 bits per heavy atom. The fourth-order valence-corrected chi connectivity index (χ4v) is 4.49. The van der Waals surface area contributed by atoms with E-state index >= 15 is 0 Å². The van der Waals surface area contributed by atoms with Crippen molar-refractivity contribution in [1.82, 2.24) is 0 Å². The molecule has 7 heteroatoms. The van der Waals surface area contributed by atoms with E-state index in [1.54, 1.807) is 0 Å². The number of anilines is 1. The molecule has 1 aliphatic carbocycles. The van der Waals surface area contributed by atoms with E-state index in [9.17, 15) is 10.5 Å². The highest BCUT2D eigenvalue weighted by molar-refractivity contribution is 6.00. The summed E-state index contributed by atoms with van der Waals surface area (Å²) in [5.41, 5.74) is 5.50. The Balaban J connectivity index is 2.09. The summed E-state index contributed by atoms with van der Waals surface area (Å²) in [6.45, 7) is 6.00. The molecule has 26 heavy (non-hydrogen) atoms. The third kappa shape index (κ3) is 1.79. The Bertz CT molecular complexity index is 814. The Labute approximate surface area is 153 Å². The summed E-state index contributed by atoms with van der Waals surface area (Å²) in [5.74, 6) is -1.96. The average Bonchev–Trinajstić information content (AvgIpc) is 3.25. The van der Waals surface area contributed by atoms with Gasteiger partial charge >= 0.3 is 0 Å². The fourth-order valence-electron chi connectivity index (χ4n) is 4.49. The highest BCUT2D eigenvalue weighted by Gasteiger charge is 2.93. The minimum Gasteiger partial charge on any atom is -0.386 e. The third-order valence-electron chi connectivity index (χ3n) is 5.84. The first-order chi connectivity index (χ1) is 12.5. The van der Waals surface area contributed by atoms with Crippen molar-refractivity contribution in [2.75, 3.05) is 32.2 Å². The van der Waals surface area contributed by atoms with E-state index in [1.807, 2.05) is 24.3 Å². The number of nitrogens with zero attached hydrogens (tertiary/aromatic N) is 4. The molecule has 0 spiro atoms. The van der Waals surface area contributed by atoms with Crippen molar-refractivity contribution < 1.29 is 9.47 Å². The molecule has 3 unspecified atom stereocenters. The van der Waals surface area contributed by atoms with Crippen LogP contribution in [0.2, 0.25) is 0 Å². The first-order valence-corrected chi connectivity index (χ1v) is 8.62. The van der Waals surface area contributed by atoms with Crippen LogP contribution in [0.25, 0.3) is 0 Å². The predicted octanol–water partition coefficient (Wildman–Crippen LogP) is 1.97. The van der Waals surface area contributed by atoms with Gasteiger partial charge in [-0.05, 0) is 31.5 Å². The molecule has 3 rings (SSSR count). The van der Waals surface area contributed by atoms with Crippen molar-refractivity contribution in [3.05, 3.63) is 29.8 Å². The van der Waals surface area contributed by atoms with Gasteiger partial charge in [-0.25, -0.2) is 4.99 Å². The number of methoxy groups -OCH3 is 2. The Kier molecular flexibility index (Phi) is 4.18. The first kappa shape index (κ1) is 18.2. The number of ether oxygens (including phenoxy) is 2. The van der Waals surface area contributed by atoms with Gasteiger partial charge in [0, 0.05) is 38.9 Å². The molecule has 1 aromatic rings. The number of fused-ring (bicyclic) bond motifs is 1. The number of benzene rings is 1. The van der Waals surface area contributed by atoms with E-state index in [-0.39, 0.29) is 5.84 Å². The smallest absolute Gasteiger partial charge is 0.292 e. The number of rotatable bonds is 6. The third-order valence-corrected chi connectivity index (χ3v) is 5.84. The molecule has 1 saturated carbocycles. The van der Waals surface area contributed by atoms with E-state index < -0.39 is 22.7 Å². The number of hydrogen-bond donors (Lipinski definition) is 1. The van der Waals surface area contributed by atoms with Gasteiger partial charge in [0.25, 0.3) is 5.91 Å². The van der Waals surface area contributed by atoms with Crippen LogP contribution in [-0.4, -0.2) is 39.1 Å². The molecule has 1 aromatic carbocycles. The SMILES string of the molecule is CCN(CC)c1ccc(C2C3(C#N)C(N)=NC(OC)(OC)C23C#N)cc1. The van der Waals surface area contributed by atoms with E-state index in [2.05, 4.69) is 35.9 Å². The molecule has 2 aliphatic rings. The van der Waals surface area contributed by atoms with Gasteiger partial charge < -0.3 is 20.1 Å². The lowest BCUT2D eigenvalue weighted by atomic mass is 9.93. The summed E-state index contributed by atoms with van der Waals surface area (Å²) in [5, 5.41) is 20.0. The molecule has 0 amide bonds. The summed E-state index contributed by atoms with van der Waals surface area (Å²) >= 11 is 0.